The number of methoxy groups -OCH3 is 1. The van der Waals surface area contributed by atoms with E-state index in [-0.39, 0.29) is 5.60 Å². The van der Waals surface area contributed by atoms with Crippen LogP contribution in [0.2, 0.25) is 0 Å². The van der Waals surface area contributed by atoms with Crippen molar-refractivity contribution < 1.29 is 4.74 Å². The van der Waals surface area contributed by atoms with Gasteiger partial charge in [-0.05, 0) is 58.4 Å². The van der Waals surface area contributed by atoms with Crippen LogP contribution in [0.25, 0.3) is 0 Å². The Hall–Kier alpha value is -0.340. The van der Waals surface area contributed by atoms with E-state index in [9.17, 15) is 0 Å². The molecule has 0 saturated heterocycles. The second-order valence-electron chi connectivity index (χ2n) is 6.02. The van der Waals surface area contributed by atoms with Gasteiger partial charge in [-0.3, -0.25) is 0 Å². The first kappa shape index (κ1) is 14.1. The molecule has 0 bridgehead atoms. The molecule has 1 N–H and O–H groups in total. The van der Waals surface area contributed by atoms with Crippen LogP contribution in [0.15, 0.2) is 11.6 Å². The van der Waals surface area contributed by atoms with E-state index in [1.54, 1.807) is 5.57 Å². The van der Waals surface area contributed by atoms with Crippen LogP contribution in [-0.2, 0) is 4.74 Å². The van der Waals surface area contributed by atoms with Crippen LogP contribution in [-0.4, -0.2) is 25.8 Å². The molecule has 104 valence electrons. The molecule has 2 nitrogen and oxygen atoms in total. The molecule has 0 aromatic carbocycles. The number of nitrogens with one attached hydrogen (secondary N) is 1. The average Bonchev–Trinajstić information content (AvgIpc) is 2.30. The third-order valence-electron chi connectivity index (χ3n) is 4.90. The molecule has 1 atom stereocenters. The number of ether oxygens (including phenoxy) is 1. The maximum Gasteiger partial charge on any atom is 0.0696 e. The zero-order valence-corrected chi connectivity index (χ0v) is 12.1. The predicted octanol–water partition coefficient (Wildman–Crippen LogP) is 3.81. The van der Waals surface area contributed by atoms with Crippen LogP contribution in [0.4, 0.5) is 0 Å². The fraction of sp³-hybridized carbons (Fsp3) is 0.875. The van der Waals surface area contributed by atoms with E-state index in [1.165, 1.54) is 57.8 Å². The number of likely N-dealkylation sites (N-methyl/N-ethyl adjacent to an activating group) is 1. The van der Waals surface area contributed by atoms with Crippen LogP contribution >= 0.6 is 0 Å². The molecule has 0 aromatic heterocycles. The minimum Gasteiger partial charge on any atom is -0.378 e. The monoisotopic (exact) mass is 251 g/mol. The zero-order chi connectivity index (χ0) is 12.8. The van der Waals surface area contributed by atoms with Gasteiger partial charge in [0.15, 0.2) is 0 Å². The summed E-state index contributed by atoms with van der Waals surface area (Å²) in [6.07, 6.45) is 15.6. The highest BCUT2D eigenvalue weighted by atomic mass is 16.5. The smallest absolute Gasteiger partial charge is 0.0696 e. The van der Waals surface area contributed by atoms with Gasteiger partial charge in [-0.1, -0.05) is 24.5 Å². The van der Waals surface area contributed by atoms with Crippen LogP contribution in [0.5, 0.6) is 0 Å². The summed E-state index contributed by atoms with van der Waals surface area (Å²) in [5.74, 6) is 0. The minimum atomic E-state index is 0.177. The molecule has 2 aliphatic carbocycles. The molecular formula is C16H29NO. The highest BCUT2D eigenvalue weighted by Crippen LogP contribution is 2.40. The summed E-state index contributed by atoms with van der Waals surface area (Å²) in [6, 6.07) is 0.531. The lowest BCUT2D eigenvalue weighted by atomic mass is 9.74. The fourth-order valence-corrected chi connectivity index (χ4v) is 3.39. The van der Waals surface area contributed by atoms with E-state index in [2.05, 4.69) is 18.4 Å². The van der Waals surface area contributed by atoms with E-state index in [1.807, 2.05) is 7.11 Å². The lowest BCUT2D eigenvalue weighted by molar-refractivity contribution is -0.0812. The van der Waals surface area contributed by atoms with E-state index in [0.29, 0.717) is 6.04 Å². The molecule has 0 amide bonds. The SMILES string of the molecule is CNC(CC1(OC)CCC1)C1=CCCCCCC1. The normalized spacial score (nSPS) is 25.6. The Labute approximate surface area is 112 Å². The molecule has 18 heavy (non-hydrogen) atoms. The van der Waals surface area contributed by atoms with Gasteiger partial charge in [0.25, 0.3) is 0 Å². The van der Waals surface area contributed by atoms with E-state index in [4.69, 9.17) is 4.74 Å². The lowest BCUT2D eigenvalue weighted by Crippen LogP contribution is -2.45. The topological polar surface area (TPSA) is 21.3 Å². The van der Waals surface area contributed by atoms with Crippen molar-refractivity contribution in [3.63, 3.8) is 0 Å². The second-order valence-corrected chi connectivity index (χ2v) is 6.02. The largest absolute Gasteiger partial charge is 0.378 e. The molecule has 2 heteroatoms. The Balaban J connectivity index is 1.97. The number of rotatable bonds is 5. The van der Waals surface area contributed by atoms with Crippen molar-refractivity contribution in [1.29, 1.82) is 0 Å². The lowest BCUT2D eigenvalue weighted by Gasteiger charge is -2.43. The molecule has 1 saturated carbocycles. The molecule has 0 radical (unpaired) electrons. The summed E-state index contributed by atoms with van der Waals surface area (Å²) in [5, 5.41) is 3.53. The zero-order valence-electron chi connectivity index (χ0n) is 12.1. The maximum absolute atomic E-state index is 5.79. The molecule has 0 spiro atoms. The molecule has 2 aliphatic rings. The van der Waals surface area contributed by atoms with E-state index < -0.39 is 0 Å². The van der Waals surface area contributed by atoms with E-state index in [0.717, 1.165) is 6.42 Å². The van der Waals surface area contributed by atoms with E-state index >= 15 is 0 Å². The van der Waals surface area contributed by atoms with Crippen molar-refractivity contribution in [3.8, 4) is 0 Å². The Kier molecular flexibility index (Phi) is 5.25. The highest BCUT2D eigenvalue weighted by Gasteiger charge is 2.39. The van der Waals surface area contributed by atoms with Crippen LogP contribution in [0.3, 0.4) is 0 Å². The predicted molar refractivity (Wildman–Crippen MR) is 76.8 cm³/mol. The van der Waals surface area contributed by atoms with Crippen LogP contribution in [0.1, 0.15) is 64.2 Å². The Bertz CT molecular complexity index is 275. The molecule has 0 heterocycles. The average molecular weight is 251 g/mol. The first-order valence-electron chi connectivity index (χ1n) is 7.71. The summed E-state index contributed by atoms with van der Waals surface area (Å²) in [4.78, 5) is 0. The summed E-state index contributed by atoms with van der Waals surface area (Å²) < 4.78 is 5.79. The highest BCUT2D eigenvalue weighted by molar-refractivity contribution is 5.14. The molecular weight excluding hydrogens is 222 g/mol. The first-order valence-corrected chi connectivity index (χ1v) is 7.71. The van der Waals surface area contributed by atoms with Gasteiger partial charge in [0.2, 0.25) is 0 Å². The molecule has 0 aromatic rings. The standard InChI is InChI=1S/C16H29NO/c1-17-15(13-16(18-2)11-8-12-16)14-9-6-4-3-5-7-10-14/h9,15,17H,3-8,10-13H2,1-2H3. The molecule has 1 unspecified atom stereocenters. The Morgan fingerprint density at radius 2 is 2.00 bits per heavy atom. The molecule has 1 fully saturated rings. The van der Waals surface area contributed by atoms with Crippen molar-refractivity contribution in [2.75, 3.05) is 14.2 Å². The van der Waals surface area contributed by atoms with Gasteiger partial charge in [0.1, 0.15) is 0 Å². The van der Waals surface area contributed by atoms with Gasteiger partial charge in [-0.2, -0.15) is 0 Å². The molecule has 2 rings (SSSR count). The Morgan fingerprint density at radius 1 is 1.22 bits per heavy atom. The molecule has 0 aliphatic heterocycles. The summed E-state index contributed by atoms with van der Waals surface area (Å²) in [6.45, 7) is 0. The number of hydrogen-bond donors (Lipinski definition) is 1. The third-order valence-corrected chi connectivity index (χ3v) is 4.90. The van der Waals surface area contributed by atoms with Gasteiger partial charge in [0.05, 0.1) is 5.60 Å². The van der Waals surface area contributed by atoms with Crippen molar-refractivity contribution >= 4 is 0 Å². The fourth-order valence-electron chi connectivity index (χ4n) is 3.39. The third kappa shape index (κ3) is 3.36. The number of hydrogen-bond acceptors (Lipinski definition) is 2. The van der Waals surface area contributed by atoms with Crippen LogP contribution < -0.4 is 5.32 Å². The summed E-state index contributed by atoms with van der Waals surface area (Å²) in [5.41, 5.74) is 1.82. The second kappa shape index (κ2) is 6.72. The van der Waals surface area contributed by atoms with Gasteiger partial charge >= 0.3 is 0 Å². The first-order chi connectivity index (χ1) is 8.79. The van der Waals surface area contributed by atoms with Crippen molar-refractivity contribution in [3.05, 3.63) is 11.6 Å². The van der Waals surface area contributed by atoms with Gasteiger partial charge < -0.3 is 10.1 Å². The van der Waals surface area contributed by atoms with Crippen LogP contribution in [0, 0.1) is 0 Å². The summed E-state index contributed by atoms with van der Waals surface area (Å²) >= 11 is 0. The van der Waals surface area contributed by atoms with Gasteiger partial charge in [-0.15, -0.1) is 0 Å². The summed E-state index contributed by atoms with van der Waals surface area (Å²) in [7, 11) is 3.99. The van der Waals surface area contributed by atoms with Crippen molar-refractivity contribution in [2.24, 2.45) is 0 Å². The quantitative estimate of drug-likeness (QED) is 0.750. The Morgan fingerprint density at radius 3 is 2.61 bits per heavy atom. The number of allylic oxidation sites excluding steroid dienone is 1. The minimum absolute atomic E-state index is 0.177. The van der Waals surface area contributed by atoms with Gasteiger partial charge in [0, 0.05) is 13.2 Å². The van der Waals surface area contributed by atoms with Gasteiger partial charge in [-0.25, -0.2) is 0 Å². The maximum atomic E-state index is 5.79. The van der Waals surface area contributed by atoms with Crippen molar-refractivity contribution in [1.82, 2.24) is 5.32 Å². The van der Waals surface area contributed by atoms with Crippen molar-refractivity contribution in [2.45, 2.75) is 75.9 Å².